The maximum atomic E-state index is 11.4. The van der Waals surface area contributed by atoms with E-state index in [1.807, 2.05) is 30.3 Å². The summed E-state index contributed by atoms with van der Waals surface area (Å²) in [6, 6.07) is 12.0. The minimum atomic E-state index is -0.0168. The van der Waals surface area contributed by atoms with E-state index in [2.05, 4.69) is 16.4 Å². The molecule has 0 unspecified atom stereocenters. The fourth-order valence-corrected chi connectivity index (χ4v) is 1.83. The molecule has 0 aliphatic carbocycles. The van der Waals surface area contributed by atoms with Crippen molar-refractivity contribution in [3.63, 3.8) is 0 Å². The van der Waals surface area contributed by atoms with Crippen molar-refractivity contribution in [2.24, 2.45) is 5.73 Å². The van der Waals surface area contributed by atoms with Crippen molar-refractivity contribution in [1.82, 2.24) is 10.3 Å². The van der Waals surface area contributed by atoms with Crippen molar-refractivity contribution in [3.05, 3.63) is 54.4 Å². The number of carbonyl (C=O) groups excluding carboxylic acids is 1. The SMILES string of the molecule is NCCC(=O)NCc1cccc(-c2ccncc2)c1. The van der Waals surface area contributed by atoms with E-state index in [1.54, 1.807) is 12.4 Å². The van der Waals surface area contributed by atoms with Crippen LogP contribution in [0.2, 0.25) is 0 Å². The van der Waals surface area contributed by atoms with Crippen molar-refractivity contribution in [2.45, 2.75) is 13.0 Å². The maximum absolute atomic E-state index is 11.4. The third-order valence-electron chi connectivity index (χ3n) is 2.80. The van der Waals surface area contributed by atoms with Gasteiger partial charge < -0.3 is 11.1 Å². The Labute approximate surface area is 112 Å². The summed E-state index contributed by atoms with van der Waals surface area (Å²) in [6.45, 7) is 0.903. The van der Waals surface area contributed by atoms with Crippen LogP contribution < -0.4 is 11.1 Å². The summed E-state index contributed by atoms with van der Waals surface area (Å²) in [5.74, 6) is -0.0168. The summed E-state index contributed by atoms with van der Waals surface area (Å²) in [5, 5.41) is 2.85. The van der Waals surface area contributed by atoms with Gasteiger partial charge in [0.05, 0.1) is 0 Å². The Bertz CT molecular complexity index is 540. The van der Waals surface area contributed by atoms with Crippen LogP contribution >= 0.6 is 0 Å². The van der Waals surface area contributed by atoms with Crippen LogP contribution in [-0.2, 0) is 11.3 Å². The van der Waals surface area contributed by atoms with Gasteiger partial charge in [0.1, 0.15) is 0 Å². The van der Waals surface area contributed by atoms with E-state index in [0.29, 0.717) is 19.5 Å². The number of benzene rings is 1. The van der Waals surface area contributed by atoms with E-state index in [-0.39, 0.29) is 5.91 Å². The smallest absolute Gasteiger partial charge is 0.221 e. The van der Waals surface area contributed by atoms with Crippen LogP contribution in [0, 0.1) is 0 Å². The Balaban J connectivity index is 2.06. The lowest BCUT2D eigenvalue weighted by Crippen LogP contribution is -2.24. The summed E-state index contributed by atoms with van der Waals surface area (Å²) in [4.78, 5) is 15.4. The first-order valence-electron chi connectivity index (χ1n) is 6.25. The molecule has 0 bridgehead atoms. The van der Waals surface area contributed by atoms with E-state index >= 15 is 0 Å². The van der Waals surface area contributed by atoms with Gasteiger partial charge in [-0.25, -0.2) is 0 Å². The number of nitrogens with two attached hydrogens (primary N) is 1. The molecule has 0 saturated carbocycles. The van der Waals surface area contributed by atoms with Crippen molar-refractivity contribution in [1.29, 1.82) is 0 Å². The quantitative estimate of drug-likeness (QED) is 0.854. The predicted molar refractivity (Wildman–Crippen MR) is 75.2 cm³/mol. The van der Waals surface area contributed by atoms with Crippen molar-refractivity contribution in [3.8, 4) is 11.1 Å². The summed E-state index contributed by atoms with van der Waals surface area (Å²) in [7, 11) is 0. The van der Waals surface area contributed by atoms with Crippen LogP contribution in [0.1, 0.15) is 12.0 Å². The lowest BCUT2D eigenvalue weighted by atomic mass is 10.0. The molecule has 2 rings (SSSR count). The van der Waals surface area contributed by atoms with E-state index in [0.717, 1.165) is 16.7 Å². The maximum Gasteiger partial charge on any atom is 0.221 e. The highest BCUT2D eigenvalue weighted by Gasteiger charge is 2.01. The highest BCUT2D eigenvalue weighted by Crippen LogP contribution is 2.19. The average Bonchev–Trinajstić information content (AvgIpc) is 2.47. The summed E-state index contributed by atoms with van der Waals surface area (Å²) in [5.41, 5.74) is 8.64. The van der Waals surface area contributed by atoms with Gasteiger partial charge in [0.15, 0.2) is 0 Å². The molecule has 2 aromatic rings. The van der Waals surface area contributed by atoms with Crippen LogP contribution in [0.3, 0.4) is 0 Å². The second kappa shape index (κ2) is 6.66. The second-order valence-electron chi connectivity index (χ2n) is 4.25. The van der Waals surface area contributed by atoms with Gasteiger partial charge in [-0.15, -0.1) is 0 Å². The van der Waals surface area contributed by atoms with Crippen LogP contribution in [0.4, 0.5) is 0 Å². The largest absolute Gasteiger partial charge is 0.352 e. The lowest BCUT2D eigenvalue weighted by Gasteiger charge is -2.07. The molecule has 4 nitrogen and oxygen atoms in total. The first-order chi connectivity index (χ1) is 9.29. The minimum Gasteiger partial charge on any atom is -0.352 e. The third kappa shape index (κ3) is 3.89. The molecule has 1 aromatic heterocycles. The van der Waals surface area contributed by atoms with Gasteiger partial charge >= 0.3 is 0 Å². The highest BCUT2D eigenvalue weighted by atomic mass is 16.1. The second-order valence-corrected chi connectivity index (χ2v) is 4.25. The van der Waals surface area contributed by atoms with Crippen LogP contribution in [0.15, 0.2) is 48.8 Å². The zero-order chi connectivity index (χ0) is 13.5. The Morgan fingerprint density at radius 2 is 1.95 bits per heavy atom. The van der Waals surface area contributed by atoms with Gasteiger partial charge in [0, 0.05) is 31.9 Å². The normalized spacial score (nSPS) is 10.2. The average molecular weight is 255 g/mol. The van der Waals surface area contributed by atoms with Gasteiger partial charge in [-0.05, 0) is 34.9 Å². The van der Waals surface area contributed by atoms with Crippen molar-refractivity contribution in [2.75, 3.05) is 6.54 Å². The molecule has 98 valence electrons. The van der Waals surface area contributed by atoms with Gasteiger partial charge in [-0.1, -0.05) is 18.2 Å². The minimum absolute atomic E-state index is 0.0168. The molecular weight excluding hydrogens is 238 g/mol. The molecule has 0 aliphatic rings. The first-order valence-corrected chi connectivity index (χ1v) is 6.25. The number of carbonyl (C=O) groups is 1. The number of amides is 1. The zero-order valence-electron chi connectivity index (χ0n) is 10.7. The van der Waals surface area contributed by atoms with Crippen molar-refractivity contribution >= 4 is 5.91 Å². The molecule has 0 radical (unpaired) electrons. The molecule has 1 amide bonds. The van der Waals surface area contributed by atoms with Crippen LogP contribution in [0.25, 0.3) is 11.1 Å². The molecule has 1 aromatic carbocycles. The van der Waals surface area contributed by atoms with E-state index in [9.17, 15) is 4.79 Å². The molecule has 19 heavy (non-hydrogen) atoms. The van der Waals surface area contributed by atoms with Gasteiger partial charge in [0.25, 0.3) is 0 Å². The summed E-state index contributed by atoms with van der Waals surface area (Å²) >= 11 is 0. The molecule has 0 aliphatic heterocycles. The van der Waals surface area contributed by atoms with Gasteiger partial charge in [-0.2, -0.15) is 0 Å². The van der Waals surface area contributed by atoms with Gasteiger partial charge in [0.2, 0.25) is 5.91 Å². The Morgan fingerprint density at radius 3 is 2.68 bits per heavy atom. The van der Waals surface area contributed by atoms with E-state index < -0.39 is 0 Å². The monoisotopic (exact) mass is 255 g/mol. The number of hydrogen-bond donors (Lipinski definition) is 2. The summed E-state index contributed by atoms with van der Waals surface area (Å²) < 4.78 is 0. The number of hydrogen-bond acceptors (Lipinski definition) is 3. The Morgan fingerprint density at radius 1 is 1.16 bits per heavy atom. The molecule has 4 heteroatoms. The molecule has 0 fully saturated rings. The van der Waals surface area contributed by atoms with Crippen LogP contribution in [-0.4, -0.2) is 17.4 Å². The fourth-order valence-electron chi connectivity index (χ4n) is 1.83. The number of rotatable bonds is 5. The van der Waals surface area contributed by atoms with Gasteiger partial charge in [-0.3, -0.25) is 9.78 Å². The number of aromatic nitrogens is 1. The molecule has 0 saturated heterocycles. The number of pyridine rings is 1. The topological polar surface area (TPSA) is 68.0 Å². The summed E-state index contributed by atoms with van der Waals surface area (Å²) in [6.07, 6.45) is 3.90. The molecule has 1 heterocycles. The number of nitrogens with one attached hydrogen (secondary N) is 1. The first kappa shape index (κ1) is 13.2. The molecule has 0 spiro atoms. The fraction of sp³-hybridized carbons (Fsp3) is 0.200. The van der Waals surface area contributed by atoms with E-state index in [4.69, 9.17) is 5.73 Å². The van der Waals surface area contributed by atoms with Crippen LogP contribution in [0.5, 0.6) is 0 Å². The molecular formula is C15H17N3O. The predicted octanol–water partition coefficient (Wildman–Crippen LogP) is 1.71. The molecule has 0 atom stereocenters. The standard InChI is InChI=1S/C15H17N3O/c16-7-4-15(19)18-11-12-2-1-3-14(10-12)13-5-8-17-9-6-13/h1-3,5-6,8-10H,4,7,11,16H2,(H,18,19). The Kier molecular flexibility index (Phi) is 4.64. The number of nitrogens with zero attached hydrogens (tertiary/aromatic N) is 1. The molecule has 3 N–H and O–H groups in total. The Hall–Kier alpha value is -2.20. The van der Waals surface area contributed by atoms with Crippen molar-refractivity contribution < 1.29 is 4.79 Å². The van der Waals surface area contributed by atoms with E-state index in [1.165, 1.54) is 0 Å². The third-order valence-corrected chi connectivity index (χ3v) is 2.80. The zero-order valence-corrected chi connectivity index (χ0v) is 10.7. The highest BCUT2D eigenvalue weighted by molar-refractivity contribution is 5.76. The lowest BCUT2D eigenvalue weighted by molar-refractivity contribution is -0.121.